The van der Waals surface area contributed by atoms with Crippen LogP contribution < -0.4 is 5.73 Å². The van der Waals surface area contributed by atoms with Gasteiger partial charge in [-0.3, -0.25) is 4.79 Å². The van der Waals surface area contributed by atoms with Crippen molar-refractivity contribution in [3.8, 4) is 0 Å². The molecule has 0 bridgehead atoms. The van der Waals surface area contributed by atoms with E-state index < -0.39 is 0 Å². The molecule has 0 spiro atoms. The highest BCUT2D eigenvalue weighted by Gasteiger charge is 2.21. The van der Waals surface area contributed by atoms with Crippen LogP contribution in [0.3, 0.4) is 0 Å². The fourth-order valence-corrected chi connectivity index (χ4v) is 1.57. The number of carbonyl (C=O) groups is 1. The van der Waals surface area contributed by atoms with Crippen molar-refractivity contribution in [3.05, 3.63) is 12.2 Å². The predicted octanol–water partition coefficient (Wildman–Crippen LogP) is 0.760. The molecule has 13 heavy (non-hydrogen) atoms. The van der Waals surface area contributed by atoms with Crippen molar-refractivity contribution in [2.45, 2.75) is 19.3 Å². The summed E-state index contributed by atoms with van der Waals surface area (Å²) in [7, 11) is 1.86. The zero-order valence-corrected chi connectivity index (χ0v) is 8.20. The highest BCUT2D eigenvalue weighted by Crippen LogP contribution is 2.19. The molecule has 0 unspecified atom stereocenters. The lowest BCUT2D eigenvalue weighted by molar-refractivity contribution is -0.133. The minimum Gasteiger partial charge on any atom is -0.345 e. The van der Waals surface area contributed by atoms with E-state index in [0.717, 1.165) is 25.8 Å². The molecule has 0 heterocycles. The Labute approximate surface area is 79.6 Å². The maximum Gasteiger partial charge on any atom is 0.226 e. The molecule has 0 aromatic heterocycles. The van der Waals surface area contributed by atoms with Crippen molar-refractivity contribution < 1.29 is 4.79 Å². The Kier molecular flexibility index (Phi) is 3.96. The number of allylic oxidation sites excluding steroid dienone is 2. The first-order chi connectivity index (χ1) is 6.25. The van der Waals surface area contributed by atoms with E-state index in [0.29, 0.717) is 6.54 Å². The van der Waals surface area contributed by atoms with Crippen LogP contribution in [-0.4, -0.2) is 30.9 Å². The van der Waals surface area contributed by atoms with Crippen molar-refractivity contribution in [1.82, 2.24) is 4.90 Å². The largest absolute Gasteiger partial charge is 0.345 e. The van der Waals surface area contributed by atoms with Gasteiger partial charge in [-0.2, -0.15) is 0 Å². The normalized spacial score (nSPS) is 16.5. The van der Waals surface area contributed by atoms with E-state index >= 15 is 0 Å². The zero-order chi connectivity index (χ0) is 9.68. The van der Waals surface area contributed by atoms with Crippen molar-refractivity contribution in [3.63, 3.8) is 0 Å². The molecule has 0 radical (unpaired) electrons. The molecule has 1 amide bonds. The second-order valence-corrected chi connectivity index (χ2v) is 3.54. The summed E-state index contributed by atoms with van der Waals surface area (Å²) in [4.78, 5) is 13.5. The van der Waals surface area contributed by atoms with E-state index in [4.69, 9.17) is 5.73 Å². The highest BCUT2D eigenvalue weighted by atomic mass is 16.2. The third-order valence-electron chi connectivity index (χ3n) is 2.43. The van der Waals surface area contributed by atoms with Crippen molar-refractivity contribution in [2.24, 2.45) is 11.7 Å². The van der Waals surface area contributed by atoms with Gasteiger partial charge in [-0.05, 0) is 25.8 Å². The van der Waals surface area contributed by atoms with E-state index in [1.54, 1.807) is 4.90 Å². The fraction of sp³-hybridized carbons (Fsp3) is 0.700. The standard InChI is InChI=1S/C10H18N2O/c1-12(8-4-7-11)10(13)9-5-2-3-6-9/h2-3,9H,4-8,11H2,1H3. The molecule has 1 aliphatic rings. The summed E-state index contributed by atoms with van der Waals surface area (Å²) in [5.74, 6) is 0.459. The van der Waals surface area contributed by atoms with Crippen LogP contribution in [-0.2, 0) is 4.79 Å². The Morgan fingerprint density at radius 1 is 1.54 bits per heavy atom. The number of carbonyl (C=O) groups excluding carboxylic acids is 1. The molecule has 0 aliphatic heterocycles. The molecule has 1 rings (SSSR count). The van der Waals surface area contributed by atoms with Gasteiger partial charge in [-0.1, -0.05) is 12.2 Å². The number of hydrogen-bond donors (Lipinski definition) is 1. The molecule has 0 fully saturated rings. The molecule has 0 aromatic rings. The Balaban J connectivity index is 2.29. The lowest BCUT2D eigenvalue weighted by Gasteiger charge is -2.20. The Bertz CT molecular complexity index is 193. The number of rotatable bonds is 4. The molecular formula is C10H18N2O. The smallest absolute Gasteiger partial charge is 0.226 e. The van der Waals surface area contributed by atoms with Crippen LogP contribution in [0.4, 0.5) is 0 Å². The topological polar surface area (TPSA) is 46.3 Å². The van der Waals surface area contributed by atoms with E-state index in [1.165, 1.54) is 0 Å². The molecule has 0 saturated carbocycles. The summed E-state index contributed by atoms with van der Waals surface area (Å²) in [5, 5.41) is 0. The number of nitrogens with two attached hydrogens (primary N) is 1. The summed E-state index contributed by atoms with van der Waals surface area (Å²) in [6.07, 6.45) is 6.87. The average molecular weight is 182 g/mol. The first-order valence-electron chi connectivity index (χ1n) is 4.85. The molecule has 1 aliphatic carbocycles. The highest BCUT2D eigenvalue weighted by molar-refractivity contribution is 5.79. The maximum absolute atomic E-state index is 11.7. The quantitative estimate of drug-likeness (QED) is 0.652. The molecule has 0 aromatic carbocycles. The molecule has 3 nitrogen and oxygen atoms in total. The van der Waals surface area contributed by atoms with Crippen LogP contribution >= 0.6 is 0 Å². The van der Waals surface area contributed by atoms with Gasteiger partial charge >= 0.3 is 0 Å². The lowest BCUT2D eigenvalue weighted by atomic mass is 10.1. The van der Waals surface area contributed by atoms with E-state index in [2.05, 4.69) is 12.2 Å². The summed E-state index contributed by atoms with van der Waals surface area (Å²) in [6, 6.07) is 0. The van der Waals surface area contributed by atoms with Crippen LogP contribution in [0.15, 0.2) is 12.2 Å². The Morgan fingerprint density at radius 3 is 2.69 bits per heavy atom. The molecule has 0 saturated heterocycles. The van der Waals surface area contributed by atoms with Gasteiger partial charge in [0.05, 0.1) is 0 Å². The van der Waals surface area contributed by atoms with Crippen LogP contribution in [0.5, 0.6) is 0 Å². The van der Waals surface area contributed by atoms with Crippen LogP contribution in [0.25, 0.3) is 0 Å². The molecule has 74 valence electrons. The van der Waals surface area contributed by atoms with Crippen LogP contribution in [0.2, 0.25) is 0 Å². The summed E-state index contributed by atoms with van der Waals surface area (Å²) < 4.78 is 0. The summed E-state index contributed by atoms with van der Waals surface area (Å²) >= 11 is 0. The first-order valence-corrected chi connectivity index (χ1v) is 4.85. The van der Waals surface area contributed by atoms with Gasteiger partial charge in [-0.25, -0.2) is 0 Å². The molecule has 3 heteroatoms. The molecule has 2 N–H and O–H groups in total. The first kappa shape index (κ1) is 10.3. The molecular weight excluding hydrogens is 164 g/mol. The van der Waals surface area contributed by atoms with E-state index in [9.17, 15) is 4.79 Å². The number of hydrogen-bond acceptors (Lipinski definition) is 2. The molecule has 0 atom stereocenters. The lowest BCUT2D eigenvalue weighted by Crippen LogP contribution is -2.33. The second kappa shape index (κ2) is 5.02. The van der Waals surface area contributed by atoms with Crippen molar-refractivity contribution >= 4 is 5.91 Å². The number of nitrogens with zero attached hydrogens (tertiary/aromatic N) is 1. The minimum atomic E-state index is 0.197. The maximum atomic E-state index is 11.7. The van der Waals surface area contributed by atoms with Gasteiger partial charge < -0.3 is 10.6 Å². The van der Waals surface area contributed by atoms with E-state index in [-0.39, 0.29) is 11.8 Å². The van der Waals surface area contributed by atoms with Crippen molar-refractivity contribution in [1.29, 1.82) is 0 Å². The van der Waals surface area contributed by atoms with Gasteiger partial charge in [0.25, 0.3) is 0 Å². The van der Waals surface area contributed by atoms with Gasteiger partial charge in [0, 0.05) is 19.5 Å². The Hall–Kier alpha value is -0.830. The van der Waals surface area contributed by atoms with Gasteiger partial charge in [-0.15, -0.1) is 0 Å². The summed E-state index contributed by atoms with van der Waals surface area (Å²) in [5.41, 5.74) is 5.38. The Morgan fingerprint density at radius 2 is 2.15 bits per heavy atom. The van der Waals surface area contributed by atoms with Gasteiger partial charge in [0.2, 0.25) is 5.91 Å². The monoisotopic (exact) mass is 182 g/mol. The zero-order valence-electron chi connectivity index (χ0n) is 8.20. The summed E-state index contributed by atoms with van der Waals surface area (Å²) in [6.45, 7) is 1.44. The minimum absolute atomic E-state index is 0.197. The van der Waals surface area contributed by atoms with Crippen LogP contribution in [0, 0.1) is 5.92 Å². The van der Waals surface area contributed by atoms with Crippen LogP contribution in [0.1, 0.15) is 19.3 Å². The second-order valence-electron chi connectivity index (χ2n) is 3.54. The average Bonchev–Trinajstić information content (AvgIpc) is 2.65. The predicted molar refractivity (Wildman–Crippen MR) is 53.2 cm³/mol. The van der Waals surface area contributed by atoms with Crippen molar-refractivity contribution in [2.75, 3.05) is 20.1 Å². The van der Waals surface area contributed by atoms with E-state index in [1.807, 2.05) is 7.05 Å². The SMILES string of the molecule is CN(CCCN)C(=O)C1CC=CC1. The third-order valence-corrected chi connectivity index (χ3v) is 2.43. The number of amides is 1. The third kappa shape index (κ3) is 2.84. The fourth-order valence-electron chi connectivity index (χ4n) is 1.57. The van der Waals surface area contributed by atoms with Gasteiger partial charge in [0.15, 0.2) is 0 Å². The van der Waals surface area contributed by atoms with Gasteiger partial charge in [0.1, 0.15) is 0 Å².